The quantitative estimate of drug-likeness (QED) is 0.219. The zero-order chi connectivity index (χ0) is 25.0. The van der Waals surface area contributed by atoms with Crippen molar-refractivity contribution in [2.24, 2.45) is 0 Å². The number of ether oxygens (including phenoxy) is 1. The lowest BCUT2D eigenvalue weighted by Gasteiger charge is -2.36. The van der Waals surface area contributed by atoms with E-state index in [0.29, 0.717) is 24.2 Å². The Morgan fingerprint density at radius 1 is 0.639 bits per heavy atom. The number of fused-ring (bicyclic) bond motifs is 1. The van der Waals surface area contributed by atoms with Gasteiger partial charge in [0.2, 0.25) is 0 Å². The highest BCUT2D eigenvalue weighted by Gasteiger charge is 2.39. The highest BCUT2D eigenvalue weighted by atomic mass is 16.7. The van der Waals surface area contributed by atoms with Gasteiger partial charge in [0.1, 0.15) is 5.60 Å². The van der Waals surface area contributed by atoms with E-state index >= 15 is 0 Å². The molecule has 0 saturated heterocycles. The monoisotopic (exact) mass is 477 g/mol. The Hall–Kier alpha value is -4.06. The van der Waals surface area contributed by atoms with Crippen LogP contribution in [0.25, 0.3) is 0 Å². The maximum atomic E-state index is 12.7. The van der Waals surface area contributed by atoms with Crippen LogP contribution in [0.15, 0.2) is 115 Å². The van der Waals surface area contributed by atoms with Gasteiger partial charge >= 0.3 is 0 Å². The standard InChI is InChI=1S/C31H27NO4/c1-23(36-32-29(33)27-19-11-12-20-28(27)30(32)34)21-22-35-31(24-13-5-2-6-14-24,25-15-7-3-8-16-25)26-17-9-4-10-18-26/h2-20,23H,21-22H2,1H3/t23-/m1/s1. The molecule has 4 aromatic carbocycles. The molecule has 1 atom stereocenters. The highest BCUT2D eigenvalue weighted by molar-refractivity contribution is 6.20. The van der Waals surface area contributed by atoms with Crippen molar-refractivity contribution in [3.8, 4) is 0 Å². The molecule has 0 aromatic heterocycles. The van der Waals surface area contributed by atoms with Crippen molar-refractivity contribution in [3.05, 3.63) is 143 Å². The molecule has 0 radical (unpaired) electrons. The summed E-state index contributed by atoms with van der Waals surface area (Å²) in [5, 5.41) is 0.869. The summed E-state index contributed by atoms with van der Waals surface area (Å²) in [6, 6.07) is 37.2. The van der Waals surface area contributed by atoms with Gasteiger partial charge < -0.3 is 4.74 Å². The van der Waals surface area contributed by atoms with Crippen LogP contribution < -0.4 is 0 Å². The third kappa shape index (κ3) is 4.35. The molecule has 4 aromatic rings. The summed E-state index contributed by atoms with van der Waals surface area (Å²) in [6.45, 7) is 2.17. The Morgan fingerprint density at radius 3 is 1.44 bits per heavy atom. The molecule has 5 heteroatoms. The minimum absolute atomic E-state index is 0.336. The first-order chi connectivity index (χ1) is 17.6. The molecule has 1 heterocycles. The van der Waals surface area contributed by atoms with Crippen molar-refractivity contribution in [3.63, 3.8) is 0 Å². The summed E-state index contributed by atoms with van der Waals surface area (Å²) >= 11 is 0. The van der Waals surface area contributed by atoms with Crippen molar-refractivity contribution < 1.29 is 19.2 Å². The molecular formula is C31H27NO4. The van der Waals surface area contributed by atoms with E-state index in [-0.39, 0.29) is 0 Å². The summed E-state index contributed by atoms with van der Waals surface area (Å²) in [4.78, 5) is 31.2. The van der Waals surface area contributed by atoms with Crippen molar-refractivity contribution >= 4 is 11.8 Å². The van der Waals surface area contributed by atoms with E-state index in [1.165, 1.54) is 0 Å². The summed E-state index contributed by atoms with van der Waals surface area (Å²) in [6.07, 6.45) is 0.0500. The van der Waals surface area contributed by atoms with Crippen LogP contribution in [-0.2, 0) is 15.2 Å². The van der Waals surface area contributed by atoms with Crippen LogP contribution in [0.5, 0.6) is 0 Å². The number of imide groups is 1. The number of amides is 2. The number of carbonyl (C=O) groups excluding carboxylic acids is 2. The lowest BCUT2D eigenvalue weighted by Crippen LogP contribution is -2.36. The molecule has 0 fully saturated rings. The predicted molar refractivity (Wildman–Crippen MR) is 137 cm³/mol. The van der Waals surface area contributed by atoms with Crippen LogP contribution >= 0.6 is 0 Å². The summed E-state index contributed by atoms with van der Waals surface area (Å²) < 4.78 is 6.77. The summed E-state index contributed by atoms with van der Waals surface area (Å²) in [7, 11) is 0. The average molecular weight is 478 g/mol. The van der Waals surface area contributed by atoms with Gasteiger partial charge in [0, 0.05) is 0 Å². The maximum Gasteiger partial charge on any atom is 0.285 e. The second-order valence-corrected chi connectivity index (χ2v) is 8.78. The van der Waals surface area contributed by atoms with Gasteiger partial charge in [-0.15, -0.1) is 5.06 Å². The number of benzene rings is 4. The first-order valence-corrected chi connectivity index (χ1v) is 12.1. The number of carbonyl (C=O) groups is 2. The molecule has 0 N–H and O–H groups in total. The molecule has 0 aliphatic carbocycles. The minimum Gasteiger partial charge on any atom is -0.361 e. The molecule has 1 aliphatic heterocycles. The van der Waals surface area contributed by atoms with Crippen molar-refractivity contribution in [1.29, 1.82) is 0 Å². The van der Waals surface area contributed by atoms with Crippen LogP contribution in [0.1, 0.15) is 50.8 Å². The molecular weight excluding hydrogens is 450 g/mol. The topological polar surface area (TPSA) is 55.8 Å². The second kappa shape index (κ2) is 10.3. The van der Waals surface area contributed by atoms with Crippen molar-refractivity contribution in [2.75, 3.05) is 6.61 Å². The summed E-state index contributed by atoms with van der Waals surface area (Å²) in [5.41, 5.74) is 2.92. The van der Waals surface area contributed by atoms with Crippen LogP contribution in [0.2, 0.25) is 0 Å². The normalized spacial score (nSPS) is 14.1. The zero-order valence-electron chi connectivity index (χ0n) is 20.0. The second-order valence-electron chi connectivity index (χ2n) is 8.78. The van der Waals surface area contributed by atoms with E-state index in [9.17, 15) is 9.59 Å². The lowest BCUT2D eigenvalue weighted by molar-refractivity contribution is -0.135. The third-order valence-electron chi connectivity index (χ3n) is 6.43. The molecule has 2 amide bonds. The Kier molecular flexibility index (Phi) is 6.76. The first kappa shape index (κ1) is 23.7. The van der Waals surface area contributed by atoms with E-state index in [1.54, 1.807) is 24.3 Å². The Bertz CT molecular complexity index is 1210. The van der Waals surface area contributed by atoms with Gasteiger partial charge in [-0.3, -0.25) is 14.4 Å². The third-order valence-corrected chi connectivity index (χ3v) is 6.43. The van der Waals surface area contributed by atoms with Crippen LogP contribution in [0, 0.1) is 0 Å². The molecule has 0 spiro atoms. The zero-order valence-corrected chi connectivity index (χ0v) is 20.0. The van der Waals surface area contributed by atoms with E-state index in [2.05, 4.69) is 36.4 Å². The van der Waals surface area contributed by atoms with Crippen LogP contribution in [0.4, 0.5) is 0 Å². The number of hydroxylamine groups is 2. The molecule has 1 aliphatic rings. The number of hydrogen-bond donors (Lipinski definition) is 0. The van der Waals surface area contributed by atoms with Gasteiger partial charge in [-0.2, -0.15) is 0 Å². The van der Waals surface area contributed by atoms with Gasteiger partial charge in [-0.25, -0.2) is 0 Å². The molecule has 0 saturated carbocycles. The van der Waals surface area contributed by atoms with Crippen LogP contribution in [-0.4, -0.2) is 29.6 Å². The smallest absolute Gasteiger partial charge is 0.285 e. The summed E-state index contributed by atoms with van der Waals surface area (Å²) in [5.74, 6) is -0.869. The van der Waals surface area contributed by atoms with Crippen LogP contribution in [0.3, 0.4) is 0 Å². The molecule has 36 heavy (non-hydrogen) atoms. The Morgan fingerprint density at radius 2 is 1.03 bits per heavy atom. The fraction of sp³-hybridized carbons (Fsp3) is 0.161. The maximum absolute atomic E-state index is 12.7. The Balaban J connectivity index is 1.38. The van der Waals surface area contributed by atoms with Gasteiger partial charge in [-0.05, 0) is 42.2 Å². The molecule has 5 rings (SSSR count). The number of nitrogens with zero attached hydrogens (tertiary/aromatic N) is 1. The fourth-order valence-corrected chi connectivity index (χ4v) is 4.64. The van der Waals surface area contributed by atoms with Crippen molar-refractivity contribution in [1.82, 2.24) is 5.06 Å². The van der Waals surface area contributed by atoms with Gasteiger partial charge in [0.15, 0.2) is 0 Å². The van der Waals surface area contributed by atoms with E-state index < -0.39 is 23.5 Å². The average Bonchev–Trinajstić information content (AvgIpc) is 3.17. The van der Waals surface area contributed by atoms with Gasteiger partial charge in [-0.1, -0.05) is 103 Å². The highest BCUT2D eigenvalue weighted by Crippen LogP contribution is 2.40. The van der Waals surface area contributed by atoms with E-state index in [4.69, 9.17) is 9.57 Å². The molecule has 0 bridgehead atoms. The largest absolute Gasteiger partial charge is 0.361 e. The minimum atomic E-state index is -0.834. The molecule has 180 valence electrons. The molecule has 0 unspecified atom stereocenters. The number of rotatable bonds is 9. The van der Waals surface area contributed by atoms with Gasteiger partial charge in [0.25, 0.3) is 11.8 Å². The predicted octanol–water partition coefficient (Wildman–Crippen LogP) is 6.00. The van der Waals surface area contributed by atoms with Gasteiger partial charge in [0.05, 0.1) is 23.8 Å². The lowest BCUT2D eigenvalue weighted by atomic mass is 9.80. The van der Waals surface area contributed by atoms with E-state index in [0.717, 1.165) is 21.8 Å². The van der Waals surface area contributed by atoms with E-state index in [1.807, 2.05) is 61.5 Å². The number of hydrogen-bond acceptors (Lipinski definition) is 4. The fourth-order valence-electron chi connectivity index (χ4n) is 4.64. The SMILES string of the molecule is C[C@H](CCOC(c1ccccc1)(c1ccccc1)c1ccccc1)ON1C(=O)c2ccccc2C1=O. The Labute approximate surface area is 210 Å². The molecule has 5 nitrogen and oxygen atoms in total. The van der Waals surface area contributed by atoms with Crippen molar-refractivity contribution in [2.45, 2.75) is 25.0 Å². The first-order valence-electron chi connectivity index (χ1n) is 12.1.